The van der Waals surface area contributed by atoms with E-state index in [2.05, 4.69) is 37.9 Å². The molecule has 0 N–H and O–H groups in total. The van der Waals surface area contributed by atoms with Gasteiger partial charge in [0.05, 0.1) is 6.54 Å². The molecule has 2 aromatic carbocycles. The Hall–Kier alpha value is -1.59. The van der Waals surface area contributed by atoms with Crippen molar-refractivity contribution in [2.45, 2.75) is 32.6 Å². The average molecular weight is 447 g/mol. The number of halogens is 1. The van der Waals surface area contributed by atoms with Crippen LogP contribution in [0.2, 0.25) is 0 Å². The SMILES string of the molecule is Br.CC(C)(C)c1ccc(C(=O)CN(C2=NCCCS2)c2ccccc2)cc1. The molecule has 1 aliphatic heterocycles. The molecule has 1 heterocycles. The lowest BCUT2D eigenvalue weighted by atomic mass is 9.86. The summed E-state index contributed by atoms with van der Waals surface area (Å²) in [6.07, 6.45) is 1.10. The third-order valence-electron chi connectivity index (χ3n) is 4.45. The van der Waals surface area contributed by atoms with Crippen LogP contribution in [0.15, 0.2) is 59.6 Å². The highest BCUT2D eigenvalue weighted by Gasteiger charge is 2.21. The van der Waals surface area contributed by atoms with Gasteiger partial charge < -0.3 is 4.90 Å². The summed E-state index contributed by atoms with van der Waals surface area (Å²) in [6, 6.07) is 18.1. The molecule has 0 saturated heterocycles. The predicted molar refractivity (Wildman–Crippen MR) is 123 cm³/mol. The van der Waals surface area contributed by atoms with Crippen LogP contribution in [0.1, 0.15) is 43.1 Å². The molecule has 0 saturated carbocycles. The zero-order chi connectivity index (χ0) is 18.6. The molecule has 1 aliphatic rings. The summed E-state index contributed by atoms with van der Waals surface area (Å²) in [5, 5.41) is 0.946. The van der Waals surface area contributed by atoms with E-state index in [9.17, 15) is 4.79 Å². The zero-order valence-corrected chi connectivity index (χ0v) is 18.7. The number of hydrogen-bond donors (Lipinski definition) is 0. The molecule has 0 unspecified atom stereocenters. The molecule has 144 valence electrons. The second kappa shape index (κ2) is 9.56. The van der Waals surface area contributed by atoms with Gasteiger partial charge >= 0.3 is 0 Å². The summed E-state index contributed by atoms with van der Waals surface area (Å²) in [4.78, 5) is 19.6. The third-order valence-corrected chi connectivity index (χ3v) is 5.55. The fourth-order valence-electron chi connectivity index (χ4n) is 2.88. The van der Waals surface area contributed by atoms with E-state index in [1.807, 2.05) is 47.4 Å². The van der Waals surface area contributed by atoms with Crippen molar-refractivity contribution in [1.82, 2.24) is 0 Å². The molecule has 5 heteroatoms. The fourth-order valence-corrected chi connectivity index (χ4v) is 3.84. The number of carbonyl (C=O) groups excluding carboxylic acids is 1. The van der Waals surface area contributed by atoms with Crippen LogP contribution in [-0.4, -0.2) is 29.8 Å². The molecular weight excluding hydrogens is 420 g/mol. The first-order chi connectivity index (χ1) is 12.4. The average Bonchev–Trinajstić information content (AvgIpc) is 2.67. The molecule has 27 heavy (non-hydrogen) atoms. The van der Waals surface area contributed by atoms with E-state index >= 15 is 0 Å². The van der Waals surface area contributed by atoms with Crippen molar-refractivity contribution < 1.29 is 4.79 Å². The van der Waals surface area contributed by atoms with Gasteiger partial charge in [-0.25, -0.2) is 0 Å². The van der Waals surface area contributed by atoms with Gasteiger partial charge in [0, 0.05) is 23.5 Å². The third kappa shape index (κ3) is 5.69. The van der Waals surface area contributed by atoms with E-state index in [1.165, 1.54) is 5.56 Å². The monoisotopic (exact) mass is 446 g/mol. The highest BCUT2D eigenvalue weighted by molar-refractivity contribution is 8.93. The number of anilines is 1. The standard InChI is InChI=1S/C22H26N2OS.BrH/c1-22(2,3)18-12-10-17(11-13-18)20(25)16-24(19-8-5-4-6-9-19)21-23-14-7-15-26-21;/h4-6,8-13H,7,14-16H2,1-3H3;1H. The number of aliphatic imine (C=N–C) groups is 1. The van der Waals surface area contributed by atoms with Crippen LogP contribution in [0.4, 0.5) is 5.69 Å². The molecule has 0 aromatic heterocycles. The summed E-state index contributed by atoms with van der Waals surface area (Å²) in [7, 11) is 0. The van der Waals surface area contributed by atoms with Crippen molar-refractivity contribution in [3.8, 4) is 0 Å². The smallest absolute Gasteiger partial charge is 0.182 e. The number of para-hydroxylation sites is 1. The molecule has 3 rings (SSSR count). The summed E-state index contributed by atoms with van der Waals surface area (Å²) >= 11 is 1.73. The number of thioether (sulfide) groups is 1. The van der Waals surface area contributed by atoms with Crippen LogP contribution < -0.4 is 4.90 Å². The molecule has 0 spiro atoms. The normalized spacial score (nSPS) is 14.1. The number of ketones is 1. The maximum atomic E-state index is 12.9. The maximum Gasteiger partial charge on any atom is 0.182 e. The number of amidine groups is 1. The van der Waals surface area contributed by atoms with E-state index in [0.29, 0.717) is 6.54 Å². The second-order valence-corrected chi connectivity index (χ2v) is 8.60. The Morgan fingerprint density at radius 1 is 1.07 bits per heavy atom. The Bertz CT molecular complexity index is 782. The Labute approximate surface area is 177 Å². The Morgan fingerprint density at radius 3 is 2.30 bits per heavy atom. The minimum Gasteiger partial charge on any atom is -0.313 e. The van der Waals surface area contributed by atoms with Crippen molar-refractivity contribution in [2.24, 2.45) is 4.99 Å². The number of hydrogen-bond acceptors (Lipinski definition) is 4. The van der Waals surface area contributed by atoms with Crippen molar-refractivity contribution in [3.05, 3.63) is 65.7 Å². The van der Waals surface area contributed by atoms with Crippen LogP contribution in [0.5, 0.6) is 0 Å². The van der Waals surface area contributed by atoms with E-state index in [1.54, 1.807) is 11.8 Å². The molecule has 0 atom stereocenters. The minimum atomic E-state index is 0. The minimum absolute atomic E-state index is 0. The van der Waals surface area contributed by atoms with E-state index in [4.69, 9.17) is 0 Å². The lowest BCUT2D eigenvalue weighted by Gasteiger charge is -2.27. The molecule has 0 aliphatic carbocycles. The van der Waals surface area contributed by atoms with Crippen LogP contribution in [0.3, 0.4) is 0 Å². The maximum absolute atomic E-state index is 12.9. The Balaban J connectivity index is 0.00000261. The molecule has 0 bridgehead atoms. The van der Waals surface area contributed by atoms with Crippen LogP contribution in [0, 0.1) is 0 Å². The quantitative estimate of drug-likeness (QED) is 0.560. The lowest BCUT2D eigenvalue weighted by Crippen LogP contribution is -2.35. The number of rotatable bonds is 4. The van der Waals surface area contributed by atoms with Gasteiger partial charge in [-0.05, 0) is 29.5 Å². The Morgan fingerprint density at radius 2 is 1.74 bits per heavy atom. The zero-order valence-electron chi connectivity index (χ0n) is 16.1. The fraction of sp³-hybridized carbons (Fsp3) is 0.364. The number of benzene rings is 2. The van der Waals surface area contributed by atoms with Gasteiger partial charge in [-0.3, -0.25) is 9.79 Å². The molecule has 3 nitrogen and oxygen atoms in total. The summed E-state index contributed by atoms with van der Waals surface area (Å²) in [5.41, 5.74) is 3.09. The first-order valence-electron chi connectivity index (χ1n) is 9.09. The topological polar surface area (TPSA) is 32.7 Å². The van der Waals surface area contributed by atoms with Gasteiger partial charge in [-0.2, -0.15) is 0 Å². The van der Waals surface area contributed by atoms with Crippen LogP contribution in [-0.2, 0) is 5.41 Å². The first kappa shape index (κ1) is 21.7. The van der Waals surface area contributed by atoms with Crippen molar-refractivity contribution >= 4 is 45.4 Å². The number of Topliss-reactive ketones (excluding diaryl/α,β-unsaturated/α-hetero) is 1. The molecule has 0 radical (unpaired) electrons. The Kier molecular flexibility index (Phi) is 7.68. The molecule has 0 fully saturated rings. The first-order valence-corrected chi connectivity index (χ1v) is 10.1. The van der Waals surface area contributed by atoms with Crippen LogP contribution in [0.25, 0.3) is 0 Å². The number of carbonyl (C=O) groups is 1. The molecular formula is C22H27BrN2OS. The van der Waals surface area contributed by atoms with Gasteiger partial charge in [-0.1, -0.05) is 75.0 Å². The second-order valence-electron chi connectivity index (χ2n) is 7.54. The highest BCUT2D eigenvalue weighted by Crippen LogP contribution is 2.25. The summed E-state index contributed by atoms with van der Waals surface area (Å²) in [6.45, 7) is 7.68. The van der Waals surface area contributed by atoms with Crippen molar-refractivity contribution in [3.63, 3.8) is 0 Å². The molecule has 0 amide bonds. The van der Waals surface area contributed by atoms with Gasteiger partial charge in [0.25, 0.3) is 0 Å². The van der Waals surface area contributed by atoms with Gasteiger partial charge in [0.1, 0.15) is 0 Å². The summed E-state index contributed by atoms with van der Waals surface area (Å²) in [5.74, 6) is 1.17. The molecule has 2 aromatic rings. The van der Waals surface area contributed by atoms with Crippen molar-refractivity contribution in [2.75, 3.05) is 23.7 Å². The number of nitrogens with zero attached hydrogens (tertiary/aromatic N) is 2. The van der Waals surface area contributed by atoms with Gasteiger partial charge in [-0.15, -0.1) is 17.0 Å². The van der Waals surface area contributed by atoms with Gasteiger partial charge in [0.15, 0.2) is 11.0 Å². The van der Waals surface area contributed by atoms with Gasteiger partial charge in [0.2, 0.25) is 0 Å². The lowest BCUT2D eigenvalue weighted by molar-refractivity contribution is 0.100. The van der Waals surface area contributed by atoms with E-state index in [0.717, 1.165) is 35.1 Å². The summed E-state index contributed by atoms with van der Waals surface area (Å²) < 4.78 is 0. The van der Waals surface area contributed by atoms with Crippen LogP contribution >= 0.6 is 28.7 Å². The van der Waals surface area contributed by atoms with E-state index in [-0.39, 0.29) is 28.2 Å². The largest absolute Gasteiger partial charge is 0.313 e. The highest BCUT2D eigenvalue weighted by atomic mass is 79.9. The predicted octanol–water partition coefficient (Wildman–Crippen LogP) is 5.74. The van der Waals surface area contributed by atoms with E-state index < -0.39 is 0 Å². The van der Waals surface area contributed by atoms with Crippen molar-refractivity contribution in [1.29, 1.82) is 0 Å².